The van der Waals surface area contributed by atoms with Crippen LogP contribution < -0.4 is 0 Å². The third-order valence-corrected chi connectivity index (χ3v) is 20.7. The Balaban J connectivity index is 0.696. The molecule has 0 N–H and O–H groups in total. The van der Waals surface area contributed by atoms with Gasteiger partial charge in [0.2, 0.25) is 5.95 Å². The van der Waals surface area contributed by atoms with Crippen molar-refractivity contribution in [3.8, 4) is 73.3 Å². The van der Waals surface area contributed by atoms with E-state index < -0.39 is 0 Å². The summed E-state index contributed by atoms with van der Waals surface area (Å²) in [4.78, 5) is 11.0. The Morgan fingerprint density at radius 3 is 0.747 bits per heavy atom. The van der Waals surface area contributed by atoms with E-state index in [-0.39, 0.29) is 0 Å². The van der Waals surface area contributed by atoms with Crippen LogP contribution in [0.5, 0.6) is 0 Å². The number of fused-ring (bicyclic) bond motifs is 16. The maximum atomic E-state index is 5.60. The van der Waals surface area contributed by atoms with Gasteiger partial charge < -0.3 is 18.3 Å². The van der Waals surface area contributed by atoms with E-state index in [1.807, 2.05) is 0 Å². The molecule has 0 aliphatic heterocycles. The predicted molar refractivity (Wildman–Crippen MR) is 413 cm³/mol. The van der Waals surface area contributed by atoms with Gasteiger partial charge in [-0.3, -0.25) is 4.57 Å². The van der Waals surface area contributed by atoms with E-state index in [9.17, 15) is 0 Å². The van der Waals surface area contributed by atoms with Crippen molar-refractivity contribution in [3.05, 3.63) is 346 Å². The van der Waals surface area contributed by atoms with Gasteiger partial charge in [-0.25, -0.2) is 9.97 Å². The first-order valence-corrected chi connectivity index (χ1v) is 33.9. The summed E-state index contributed by atoms with van der Waals surface area (Å²) in [6.45, 7) is 0. The molecule has 7 heteroatoms. The van der Waals surface area contributed by atoms with Gasteiger partial charge in [0, 0.05) is 87.6 Å². The van der Waals surface area contributed by atoms with Gasteiger partial charge in [-0.15, -0.1) is 0 Å². The van der Waals surface area contributed by atoms with Crippen LogP contribution in [0.25, 0.3) is 193 Å². The highest BCUT2D eigenvalue weighted by Gasteiger charge is 2.23. The molecular formula is C92H57N7. The summed E-state index contributed by atoms with van der Waals surface area (Å²) in [6.07, 6.45) is 0. The number of nitrogens with zero attached hydrogens (tertiary/aromatic N) is 7. The minimum absolute atomic E-state index is 0.623. The van der Waals surface area contributed by atoms with E-state index in [1.54, 1.807) is 0 Å². The van der Waals surface area contributed by atoms with Crippen LogP contribution in [0.3, 0.4) is 0 Å². The van der Waals surface area contributed by atoms with Gasteiger partial charge in [-0.1, -0.05) is 194 Å². The van der Waals surface area contributed by atoms with Gasteiger partial charge in [0.25, 0.3) is 0 Å². The maximum Gasteiger partial charge on any atom is 0.235 e. The fraction of sp³-hybridized carbons (Fsp3) is 0. The van der Waals surface area contributed by atoms with Crippen molar-refractivity contribution in [1.29, 1.82) is 0 Å². The molecule has 460 valence electrons. The molecule has 0 atom stereocenters. The van der Waals surface area contributed by atoms with Gasteiger partial charge in [-0.05, 0) is 185 Å². The molecule has 6 heterocycles. The summed E-state index contributed by atoms with van der Waals surface area (Å²) in [6, 6.07) is 126. The SMILES string of the molecule is c1ccc(-n2c3ccccc3c3cc(-c4ccc5c(c4)c4cc(-c6ccc7c(c6)c6ccccc6n7-c6ccccc6)ccc4n5-c4ccc(-c5nc(-n6c7ccccc7c7cc(-c8ccc9c(c8)c8ccccc8n9-c8ccccc8)ccc76)nc6ccccc56)cc4)ccc32)cc1. The van der Waals surface area contributed by atoms with Crippen LogP contribution in [-0.4, -0.2) is 32.8 Å². The van der Waals surface area contributed by atoms with Crippen molar-refractivity contribution >= 4 is 120 Å². The number of benzene rings is 15. The summed E-state index contributed by atoms with van der Waals surface area (Å²) in [7, 11) is 0. The van der Waals surface area contributed by atoms with Crippen molar-refractivity contribution in [1.82, 2.24) is 32.8 Å². The highest BCUT2D eigenvalue weighted by molar-refractivity contribution is 6.16. The number of rotatable bonds is 9. The lowest BCUT2D eigenvalue weighted by Crippen LogP contribution is -2.03. The van der Waals surface area contributed by atoms with Crippen LogP contribution in [0.15, 0.2) is 346 Å². The van der Waals surface area contributed by atoms with Crippen LogP contribution >= 0.6 is 0 Å². The molecule has 0 aliphatic rings. The topological polar surface area (TPSA) is 50.4 Å². The van der Waals surface area contributed by atoms with E-state index in [0.29, 0.717) is 5.95 Å². The summed E-state index contributed by atoms with van der Waals surface area (Å²) in [5, 5.41) is 13.0. The van der Waals surface area contributed by atoms with E-state index in [4.69, 9.17) is 9.97 Å². The zero-order chi connectivity index (χ0) is 64.8. The molecular weight excluding hydrogens is 1200 g/mol. The molecule has 0 saturated carbocycles. The van der Waals surface area contributed by atoms with Crippen LogP contribution in [0.1, 0.15) is 0 Å². The summed E-state index contributed by atoms with van der Waals surface area (Å²) in [5.41, 5.74) is 25.7. The van der Waals surface area contributed by atoms with Crippen molar-refractivity contribution in [2.24, 2.45) is 0 Å². The average Bonchev–Trinajstić information content (AvgIpc) is 1.59. The molecule has 0 spiro atoms. The monoisotopic (exact) mass is 1260 g/mol. The molecule has 6 aromatic heterocycles. The molecule has 0 radical (unpaired) electrons. The van der Waals surface area contributed by atoms with Gasteiger partial charge in [0.1, 0.15) is 0 Å². The van der Waals surface area contributed by atoms with Gasteiger partial charge in [0.15, 0.2) is 0 Å². The fourth-order valence-electron chi connectivity index (χ4n) is 16.2. The second kappa shape index (κ2) is 21.6. The van der Waals surface area contributed by atoms with Crippen molar-refractivity contribution in [3.63, 3.8) is 0 Å². The molecule has 0 bridgehead atoms. The Labute approximate surface area is 568 Å². The number of hydrogen-bond acceptors (Lipinski definition) is 2. The quantitative estimate of drug-likeness (QED) is 0.145. The van der Waals surface area contributed by atoms with Crippen LogP contribution in [-0.2, 0) is 0 Å². The van der Waals surface area contributed by atoms with Gasteiger partial charge in [-0.2, -0.15) is 0 Å². The maximum absolute atomic E-state index is 5.60. The molecule has 21 rings (SSSR count). The zero-order valence-electron chi connectivity index (χ0n) is 53.5. The van der Waals surface area contributed by atoms with Gasteiger partial charge >= 0.3 is 0 Å². The van der Waals surface area contributed by atoms with E-state index >= 15 is 0 Å². The third-order valence-electron chi connectivity index (χ3n) is 20.7. The molecule has 15 aromatic carbocycles. The Morgan fingerprint density at radius 1 is 0.162 bits per heavy atom. The van der Waals surface area contributed by atoms with Crippen LogP contribution in [0.2, 0.25) is 0 Å². The lowest BCUT2D eigenvalue weighted by atomic mass is 9.98. The minimum Gasteiger partial charge on any atom is -0.309 e. The van der Waals surface area contributed by atoms with Crippen molar-refractivity contribution in [2.75, 3.05) is 0 Å². The molecule has 0 unspecified atom stereocenters. The number of aromatic nitrogens is 7. The molecule has 0 fully saturated rings. The Bertz CT molecular complexity index is 6670. The van der Waals surface area contributed by atoms with E-state index in [1.165, 1.54) is 87.3 Å². The Kier molecular flexibility index (Phi) is 12.0. The largest absolute Gasteiger partial charge is 0.309 e. The summed E-state index contributed by atoms with van der Waals surface area (Å²) >= 11 is 0. The third kappa shape index (κ3) is 8.44. The number of para-hydroxylation sites is 8. The first-order chi connectivity index (χ1) is 49.1. The molecule has 21 aromatic rings. The first kappa shape index (κ1) is 55.0. The number of hydrogen-bond donors (Lipinski definition) is 0. The second-order valence-electron chi connectivity index (χ2n) is 26.1. The smallest absolute Gasteiger partial charge is 0.235 e. The lowest BCUT2D eigenvalue weighted by molar-refractivity contribution is 1.01. The molecule has 0 saturated heterocycles. The van der Waals surface area contributed by atoms with E-state index in [2.05, 4.69) is 369 Å². The van der Waals surface area contributed by atoms with Crippen LogP contribution in [0.4, 0.5) is 0 Å². The summed E-state index contributed by atoms with van der Waals surface area (Å²) in [5.74, 6) is 0.623. The normalized spacial score (nSPS) is 12.0. The lowest BCUT2D eigenvalue weighted by Gasteiger charge is -2.13. The molecule has 0 aliphatic carbocycles. The van der Waals surface area contributed by atoms with Crippen molar-refractivity contribution in [2.45, 2.75) is 0 Å². The van der Waals surface area contributed by atoms with Crippen molar-refractivity contribution < 1.29 is 0 Å². The standard InChI is InChI=1S/C92H57N7/c1-4-20-65(21-5-1)95-81-32-16-11-26-69(81)74-52-59(38-46-85(74)95)62-43-51-90-77(55-62)72-29-14-19-35-84(72)99(90)92-93-80-31-15-10-30-73(80)91(94-92)58-36-44-68(45-37-58)98-88-49-41-63(60-39-47-86-75(53-60)70-27-12-17-33-82(70)96(86)66-22-6-2-7-23-66)56-78(88)79-57-64(42-50-89(79)98)61-40-48-87-76(54-61)71-28-13-18-34-83(71)97(87)67-24-8-3-9-25-67/h1-57H. The molecule has 99 heavy (non-hydrogen) atoms. The average molecular weight is 1260 g/mol. The predicted octanol–water partition coefficient (Wildman–Crippen LogP) is 23.8. The zero-order valence-corrected chi connectivity index (χ0v) is 53.5. The first-order valence-electron chi connectivity index (χ1n) is 33.9. The second-order valence-corrected chi connectivity index (χ2v) is 26.1. The highest BCUT2D eigenvalue weighted by Crippen LogP contribution is 2.44. The minimum atomic E-state index is 0.623. The molecule has 0 amide bonds. The molecule has 7 nitrogen and oxygen atoms in total. The Hall–Kier alpha value is -13.4. The van der Waals surface area contributed by atoms with E-state index in [0.717, 1.165) is 100 Å². The Morgan fingerprint density at radius 2 is 0.404 bits per heavy atom. The highest BCUT2D eigenvalue weighted by atomic mass is 15.2. The van der Waals surface area contributed by atoms with Gasteiger partial charge in [0.05, 0.1) is 66.4 Å². The van der Waals surface area contributed by atoms with Crippen LogP contribution in [0, 0.1) is 0 Å². The summed E-state index contributed by atoms with van der Waals surface area (Å²) < 4.78 is 11.8. The fourth-order valence-corrected chi connectivity index (χ4v) is 16.2.